The third kappa shape index (κ3) is 5.54. The van der Waals surface area contributed by atoms with E-state index in [-0.39, 0.29) is 0 Å². The number of methoxy groups -OCH3 is 1. The molecule has 166 valence electrons. The van der Waals surface area contributed by atoms with E-state index in [9.17, 15) is 0 Å². The van der Waals surface area contributed by atoms with Crippen LogP contribution in [-0.4, -0.2) is 23.6 Å². The number of aromatic amines is 1. The molecule has 32 heavy (non-hydrogen) atoms. The Balaban J connectivity index is 1.32. The second-order valence-corrected chi connectivity index (χ2v) is 8.28. The first kappa shape index (κ1) is 22.5. The van der Waals surface area contributed by atoms with Gasteiger partial charge >= 0.3 is 0 Å². The van der Waals surface area contributed by atoms with Gasteiger partial charge in [0, 0.05) is 18.5 Å². The van der Waals surface area contributed by atoms with Gasteiger partial charge in [0.2, 0.25) is 0 Å². The number of benzene rings is 3. The number of halogens is 2. The van der Waals surface area contributed by atoms with Crippen LogP contribution in [0.15, 0.2) is 60.7 Å². The van der Waals surface area contributed by atoms with Gasteiger partial charge in [-0.15, -0.1) is 0 Å². The standard InChI is InChI=1S/C25H25Cl2N3O2/c1-31-23-9-4-6-18(25(23)32-16-17-11-12-19(26)20(27)14-17)15-28-13-5-10-24-29-21-7-2-3-8-22(21)30-24/h2-4,6-9,11-12,14,28H,5,10,13,15-16H2,1H3,(H,29,30). The molecule has 2 N–H and O–H groups in total. The molecule has 0 aliphatic rings. The molecule has 0 aliphatic heterocycles. The van der Waals surface area contributed by atoms with Crippen molar-refractivity contribution in [2.75, 3.05) is 13.7 Å². The highest BCUT2D eigenvalue weighted by molar-refractivity contribution is 6.42. The number of hydrogen-bond acceptors (Lipinski definition) is 4. The second kappa shape index (κ2) is 10.7. The van der Waals surface area contributed by atoms with Crippen molar-refractivity contribution in [1.82, 2.24) is 15.3 Å². The fraction of sp³-hybridized carbons (Fsp3) is 0.240. The number of rotatable bonds is 10. The van der Waals surface area contributed by atoms with Crippen LogP contribution in [0, 0.1) is 0 Å². The molecule has 4 aromatic rings. The molecule has 7 heteroatoms. The molecule has 0 fully saturated rings. The number of hydrogen-bond donors (Lipinski definition) is 2. The number of para-hydroxylation sites is 3. The average Bonchev–Trinajstić information content (AvgIpc) is 3.22. The fourth-order valence-corrected chi connectivity index (χ4v) is 3.86. The molecule has 0 radical (unpaired) electrons. The van der Waals surface area contributed by atoms with Crippen LogP contribution in [0.25, 0.3) is 11.0 Å². The monoisotopic (exact) mass is 469 g/mol. The van der Waals surface area contributed by atoms with E-state index in [1.54, 1.807) is 13.2 Å². The summed E-state index contributed by atoms with van der Waals surface area (Å²) in [6.45, 7) is 1.91. The molecule has 0 atom stereocenters. The zero-order valence-electron chi connectivity index (χ0n) is 17.8. The lowest BCUT2D eigenvalue weighted by Gasteiger charge is -2.16. The molecule has 1 aromatic heterocycles. The summed E-state index contributed by atoms with van der Waals surface area (Å²) in [6.07, 6.45) is 1.86. The summed E-state index contributed by atoms with van der Waals surface area (Å²) < 4.78 is 11.6. The Hall–Kier alpha value is -2.73. The fourth-order valence-electron chi connectivity index (χ4n) is 3.54. The third-order valence-electron chi connectivity index (χ3n) is 5.17. The van der Waals surface area contributed by atoms with E-state index < -0.39 is 0 Å². The molecule has 3 aromatic carbocycles. The summed E-state index contributed by atoms with van der Waals surface area (Å²) in [7, 11) is 1.64. The number of aromatic nitrogens is 2. The zero-order chi connectivity index (χ0) is 22.3. The maximum absolute atomic E-state index is 6.12. The van der Waals surface area contributed by atoms with Crippen LogP contribution in [-0.2, 0) is 19.6 Å². The SMILES string of the molecule is COc1cccc(CNCCCc2nc3ccccc3[nH]2)c1OCc1ccc(Cl)c(Cl)c1. The number of aryl methyl sites for hydroxylation is 1. The van der Waals surface area contributed by atoms with E-state index in [1.807, 2.05) is 54.6 Å². The van der Waals surface area contributed by atoms with E-state index in [1.165, 1.54) is 0 Å². The Labute approximate surface area is 197 Å². The predicted octanol–water partition coefficient (Wildman–Crippen LogP) is 6.18. The summed E-state index contributed by atoms with van der Waals surface area (Å²) in [5, 5.41) is 4.54. The molecule has 0 bridgehead atoms. The lowest BCUT2D eigenvalue weighted by molar-refractivity contribution is 0.280. The first-order chi connectivity index (χ1) is 15.6. The van der Waals surface area contributed by atoms with Crippen LogP contribution < -0.4 is 14.8 Å². The van der Waals surface area contributed by atoms with E-state index in [0.717, 1.165) is 53.1 Å². The minimum absolute atomic E-state index is 0.371. The molecule has 0 aliphatic carbocycles. The van der Waals surface area contributed by atoms with Crippen molar-refractivity contribution in [3.8, 4) is 11.5 Å². The summed E-state index contributed by atoms with van der Waals surface area (Å²) in [5.41, 5.74) is 4.06. The molecule has 5 nitrogen and oxygen atoms in total. The molecule has 0 saturated heterocycles. The maximum Gasteiger partial charge on any atom is 0.166 e. The quantitative estimate of drug-likeness (QED) is 0.272. The molecule has 0 unspecified atom stereocenters. The van der Waals surface area contributed by atoms with Crippen molar-refractivity contribution in [3.63, 3.8) is 0 Å². The number of ether oxygens (including phenoxy) is 2. The number of nitrogens with zero attached hydrogens (tertiary/aromatic N) is 1. The van der Waals surface area contributed by atoms with Crippen molar-refractivity contribution in [2.24, 2.45) is 0 Å². The van der Waals surface area contributed by atoms with Crippen LogP contribution >= 0.6 is 23.2 Å². The Morgan fingerprint density at radius 1 is 1.00 bits per heavy atom. The highest BCUT2D eigenvalue weighted by atomic mass is 35.5. The summed E-state index contributed by atoms with van der Waals surface area (Å²) in [5.74, 6) is 2.44. The minimum atomic E-state index is 0.371. The first-order valence-electron chi connectivity index (χ1n) is 10.5. The van der Waals surface area contributed by atoms with Gasteiger partial charge in [0.25, 0.3) is 0 Å². The summed E-state index contributed by atoms with van der Waals surface area (Å²) in [4.78, 5) is 8.01. The van der Waals surface area contributed by atoms with Gasteiger partial charge in [0.1, 0.15) is 12.4 Å². The van der Waals surface area contributed by atoms with Gasteiger partial charge in [-0.3, -0.25) is 0 Å². The predicted molar refractivity (Wildman–Crippen MR) is 130 cm³/mol. The van der Waals surface area contributed by atoms with Crippen LogP contribution in [0.4, 0.5) is 0 Å². The maximum atomic E-state index is 6.12. The van der Waals surface area contributed by atoms with Crippen LogP contribution in [0.3, 0.4) is 0 Å². The largest absolute Gasteiger partial charge is 0.493 e. The van der Waals surface area contributed by atoms with Crippen LogP contribution in [0.2, 0.25) is 10.0 Å². The van der Waals surface area contributed by atoms with Crippen molar-refractivity contribution in [2.45, 2.75) is 26.0 Å². The minimum Gasteiger partial charge on any atom is -0.493 e. The van der Waals surface area contributed by atoms with E-state index in [0.29, 0.717) is 28.9 Å². The third-order valence-corrected chi connectivity index (χ3v) is 5.91. The Kier molecular flexibility index (Phi) is 7.53. The van der Waals surface area contributed by atoms with Gasteiger partial charge in [-0.1, -0.05) is 53.5 Å². The van der Waals surface area contributed by atoms with Crippen molar-refractivity contribution in [3.05, 3.63) is 87.7 Å². The average molecular weight is 470 g/mol. The number of nitrogens with one attached hydrogen (secondary N) is 2. The number of H-pyrrole nitrogens is 1. The van der Waals surface area contributed by atoms with E-state index >= 15 is 0 Å². The smallest absolute Gasteiger partial charge is 0.166 e. The summed E-state index contributed by atoms with van der Waals surface area (Å²) >= 11 is 12.1. The van der Waals surface area contributed by atoms with Gasteiger partial charge in [0.15, 0.2) is 11.5 Å². The molecular weight excluding hydrogens is 445 g/mol. The zero-order valence-corrected chi connectivity index (χ0v) is 19.3. The van der Waals surface area contributed by atoms with Crippen LogP contribution in [0.1, 0.15) is 23.4 Å². The number of imidazole rings is 1. The molecule has 1 heterocycles. The molecule has 4 rings (SSSR count). The highest BCUT2D eigenvalue weighted by Crippen LogP contribution is 2.32. The number of fused-ring (bicyclic) bond motifs is 1. The van der Waals surface area contributed by atoms with Crippen molar-refractivity contribution >= 4 is 34.2 Å². The van der Waals surface area contributed by atoms with Gasteiger partial charge in [-0.2, -0.15) is 0 Å². The Morgan fingerprint density at radius 2 is 1.88 bits per heavy atom. The lowest BCUT2D eigenvalue weighted by atomic mass is 10.1. The normalized spacial score (nSPS) is 11.1. The van der Waals surface area contributed by atoms with Gasteiger partial charge in [-0.25, -0.2) is 4.98 Å². The molecule has 0 saturated carbocycles. The van der Waals surface area contributed by atoms with Gasteiger partial charge < -0.3 is 19.8 Å². The topological polar surface area (TPSA) is 59.2 Å². The van der Waals surface area contributed by atoms with Gasteiger partial charge in [-0.05, 0) is 48.9 Å². The second-order valence-electron chi connectivity index (χ2n) is 7.47. The lowest BCUT2D eigenvalue weighted by Crippen LogP contribution is -2.16. The van der Waals surface area contributed by atoms with Crippen molar-refractivity contribution in [1.29, 1.82) is 0 Å². The van der Waals surface area contributed by atoms with E-state index in [4.69, 9.17) is 32.7 Å². The molecular formula is C25H25Cl2N3O2. The van der Waals surface area contributed by atoms with Crippen LogP contribution in [0.5, 0.6) is 11.5 Å². The first-order valence-corrected chi connectivity index (χ1v) is 11.3. The summed E-state index contributed by atoms with van der Waals surface area (Å²) in [6, 6.07) is 19.5. The van der Waals surface area contributed by atoms with Gasteiger partial charge in [0.05, 0.1) is 28.2 Å². The van der Waals surface area contributed by atoms with E-state index in [2.05, 4.69) is 15.3 Å². The Bertz CT molecular complexity index is 1160. The highest BCUT2D eigenvalue weighted by Gasteiger charge is 2.11. The Morgan fingerprint density at radius 3 is 2.69 bits per heavy atom. The molecule has 0 amide bonds. The molecule has 0 spiro atoms. The van der Waals surface area contributed by atoms with Crippen molar-refractivity contribution < 1.29 is 9.47 Å².